The van der Waals surface area contributed by atoms with Crippen molar-refractivity contribution in [1.29, 1.82) is 0 Å². The lowest BCUT2D eigenvalue weighted by atomic mass is 9.75. The maximum Gasteiger partial charge on any atom is 0.0245 e. The van der Waals surface area contributed by atoms with E-state index in [1.807, 2.05) is 11.3 Å². The van der Waals surface area contributed by atoms with Gasteiger partial charge in [-0.15, -0.1) is 11.3 Å². The largest absolute Gasteiger partial charge is 0.298 e. The summed E-state index contributed by atoms with van der Waals surface area (Å²) in [5, 5.41) is 3.45. The van der Waals surface area contributed by atoms with Crippen LogP contribution in [-0.4, -0.2) is 23.3 Å². The number of thiophene rings is 1. The third-order valence-corrected chi connectivity index (χ3v) is 6.86. The summed E-state index contributed by atoms with van der Waals surface area (Å²) in [4.78, 5) is 4.32. The lowest BCUT2D eigenvalue weighted by molar-refractivity contribution is 0.118. The van der Waals surface area contributed by atoms with E-state index < -0.39 is 0 Å². The summed E-state index contributed by atoms with van der Waals surface area (Å²) in [6.07, 6.45) is 8.43. The molecule has 1 aliphatic heterocycles. The van der Waals surface area contributed by atoms with Crippen molar-refractivity contribution in [2.75, 3.05) is 18.4 Å². The van der Waals surface area contributed by atoms with Gasteiger partial charge in [0.1, 0.15) is 0 Å². The van der Waals surface area contributed by atoms with Crippen LogP contribution in [0.5, 0.6) is 0 Å². The maximum atomic E-state index is 3.79. The second-order valence-corrected chi connectivity index (χ2v) is 7.59. The molecule has 0 spiro atoms. The number of alkyl halides is 1. The highest BCUT2D eigenvalue weighted by Gasteiger charge is 2.33. The predicted molar refractivity (Wildman–Crippen MR) is 82.6 cm³/mol. The molecule has 2 aliphatic rings. The molecule has 0 aromatic carbocycles. The van der Waals surface area contributed by atoms with E-state index in [1.165, 1.54) is 63.5 Å². The summed E-state index contributed by atoms with van der Waals surface area (Å²) < 4.78 is 0. The minimum atomic E-state index is 0.561. The van der Waals surface area contributed by atoms with Crippen LogP contribution in [-0.2, 0) is 13.0 Å². The van der Waals surface area contributed by atoms with Gasteiger partial charge in [-0.1, -0.05) is 35.2 Å². The third-order valence-electron chi connectivity index (χ3n) is 4.64. The SMILES string of the molecule is BrCC1(CN2CCc3sccc3C2)CCCCC1. The number of halogens is 1. The van der Waals surface area contributed by atoms with E-state index in [-0.39, 0.29) is 0 Å². The van der Waals surface area contributed by atoms with Crippen LogP contribution < -0.4 is 0 Å². The van der Waals surface area contributed by atoms with Crippen LogP contribution in [0.1, 0.15) is 42.5 Å². The fourth-order valence-corrected chi connectivity index (χ4v) is 5.18. The summed E-state index contributed by atoms with van der Waals surface area (Å²) in [6, 6.07) is 2.33. The molecular formula is C15H22BrNS. The van der Waals surface area contributed by atoms with Crippen molar-refractivity contribution in [3.63, 3.8) is 0 Å². The highest BCUT2D eigenvalue weighted by Crippen LogP contribution is 2.39. The lowest BCUT2D eigenvalue weighted by Crippen LogP contribution is -2.42. The van der Waals surface area contributed by atoms with Gasteiger partial charge in [0, 0.05) is 29.8 Å². The van der Waals surface area contributed by atoms with Gasteiger partial charge in [0.25, 0.3) is 0 Å². The molecule has 0 amide bonds. The minimum Gasteiger partial charge on any atom is -0.298 e. The number of nitrogens with zero attached hydrogens (tertiary/aromatic N) is 1. The van der Waals surface area contributed by atoms with Crippen LogP contribution in [0.2, 0.25) is 0 Å². The quantitative estimate of drug-likeness (QED) is 0.741. The lowest BCUT2D eigenvalue weighted by Gasteiger charge is -2.41. The Labute approximate surface area is 123 Å². The zero-order valence-corrected chi connectivity index (χ0v) is 13.4. The summed E-state index contributed by atoms with van der Waals surface area (Å²) in [7, 11) is 0. The Kier molecular flexibility index (Phi) is 4.12. The molecule has 2 heterocycles. The molecule has 0 atom stereocenters. The van der Waals surface area contributed by atoms with Crippen LogP contribution in [0.25, 0.3) is 0 Å². The molecule has 3 rings (SSSR count). The van der Waals surface area contributed by atoms with Crippen LogP contribution in [0, 0.1) is 5.41 Å². The van der Waals surface area contributed by atoms with Crippen LogP contribution in [0.15, 0.2) is 11.4 Å². The molecule has 1 aromatic rings. The van der Waals surface area contributed by atoms with Crippen LogP contribution in [0.4, 0.5) is 0 Å². The summed E-state index contributed by atoms with van der Waals surface area (Å²) in [5.74, 6) is 0. The molecule has 0 saturated heterocycles. The summed E-state index contributed by atoms with van der Waals surface area (Å²) in [5.41, 5.74) is 2.15. The molecule has 3 heteroatoms. The minimum absolute atomic E-state index is 0.561. The topological polar surface area (TPSA) is 3.24 Å². The molecule has 0 N–H and O–H groups in total. The van der Waals surface area contributed by atoms with Gasteiger partial charge < -0.3 is 0 Å². The van der Waals surface area contributed by atoms with Crippen LogP contribution in [0.3, 0.4) is 0 Å². The number of rotatable bonds is 3. The van der Waals surface area contributed by atoms with Gasteiger partial charge in [-0.2, -0.15) is 0 Å². The Hall–Kier alpha value is 0.140. The molecule has 1 saturated carbocycles. The van der Waals surface area contributed by atoms with Gasteiger partial charge in [0.05, 0.1) is 0 Å². The number of fused-ring (bicyclic) bond motifs is 1. The first-order valence-electron chi connectivity index (χ1n) is 7.15. The van der Waals surface area contributed by atoms with Crippen molar-refractivity contribution in [2.45, 2.75) is 45.1 Å². The fourth-order valence-electron chi connectivity index (χ4n) is 3.55. The first kappa shape index (κ1) is 13.1. The van der Waals surface area contributed by atoms with E-state index in [0.717, 1.165) is 0 Å². The first-order chi connectivity index (χ1) is 8.81. The molecule has 0 unspecified atom stereocenters. The van der Waals surface area contributed by atoms with Crippen molar-refractivity contribution in [3.8, 4) is 0 Å². The zero-order chi connectivity index (χ0) is 12.4. The molecule has 1 aromatic heterocycles. The van der Waals surface area contributed by atoms with Gasteiger partial charge in [-0.3, -0.25) is 4.90 Å². The van der Waals surface area contributed by atoms with E-state index in [2.05, 4.69) is 32.3 Å². The van der Waals surface area contributed by atoms with E-state index in [0.29, 0.717) is 5.41 Å². The Bertz CT molecular complexity index is 395. The average molecular weight is 328 g/mol. The maximum absolute atomic E-state index is 3.79. The van der Waals surface area contributed by atoms with Crippen molar-refractivity contribution >= 4 is 27.3 Å². The van der Waals surface area contributed by atoms with E-state index in [9.17, 15) is 0 Å². The zero-order valence-electron chi connectivity index (χ0n) is 11.0. The average Bonchev–Trinajstić information content (AvgIpc) is 2.87. The van der Waals surface area contributed by atoms with E-state index in [4.69, 9.17) is 0 Å². The van der Waals surface area contributed by atoms with Gasteiger partial charge >= 0.3 is 0 Å². The molecule has 1 aliphatic carbocycles. The first-order valence-corrected chi connectivity index (χ1v) is 9.15. The highest BCUT2D eigenvalue weighted by molar-refractivity contribution is 9.09. The molecule has 18 heavy (non-hydrogen) atoms. The summed E-state index contributed by atoms with van der Waals surface area (Å²) in [6.45, 7) is 3.75. The monoisotopic (exact) mass is 327 g/mol. The molecule has 0 bridgehead atoms. The van der Waals surface area contributed by atoms with Gasteiger partial charge in [-0.05, 0) is 41.7 Å². The van der Waals surface area contributed by atoms with Crippen molar-refractivity contribution in [1.82, 2.24) is 4.90 Å². The smallest absolute Gasteiger partial charge is 0.0245 e. The van der Waals surface area contributed by atoms with Gasteiger partial charge in [0.2, 0.25) is 0 Å². The van der Waals surface area contributed by atoms with Crippen molar-refractivity contribution in [2.24, 2.45) is 5.41 Å². The second kappa shape index (κ2) is 5.64. The van der Waals surface area contributed by atoms with E-state index >= 15 is 0 Å². The van der Waals surface area contributed by atoms with Gasteiger partial charge in [0.15, 0.2) is 0 Å². The van der Waals surface area contributed by atoms with Crippen molar-refractivity contribution < 1.29 is 0 Å². The molecule has 1 fully saturated rings. The number of hydrogen-bond acceptors (Lipinski definition) is 2. The fraction of sp³-hybridized carbons (Fsp3) is 0.733. The van der Waals surface area contributed by atoms with Gasteiger partial charge in [-0.25, -0.2) is 0 Å². The molecule has 0 radical (unpaired) electrons. The van der Waals surface area contributed by atoms with Crippen LogP contribution >= 0.6 is 27.3 Å². The Balaban J connectivity index is 1.66. The normalized spacial score (nSPS) is 23.8. The Morgan fingerprint density at radius 1 is 1.28 bits per heavy atom. The van der Waals surface area contributed by atoms with Crippen molar-refractivity contribution in [3.05, 3.63) is 21.9 Å². The predicted octanol–water partition coefficient (Wildman–Crippen LogP) is 4.45. The Morgan fingerprint density at radius 3 is 2.89 bits per heavy atom. The summed E-state index contributed by atoms with van der Waals surface area (Å²) >= 11 is 5.74. The van der Waals surface area contributed by atoms with E-state index in [1.54, 1.807) is 10.4 Å². The highest BCUT2D eigenvalue weighted by atomic mass is 79.9. The second-order valence-electron chi connectivity index (χ2n) is 6.02. The Morgan fingerprint density at radius 2 is 2.11 bits per heavy atom. The number of hydrogen-bond donors (Lipinski definition) is 0. The molecular weight excluding hydrogens is 306 g/mol. The molecule has 1 nitrogen and oxygen atoms in total. The standard InChI is InChI=1S/C15H22BrNS/c16-11-15(6-2-1-3-7-15)12-17-8-4-14-13(10-17)5-9-18-14/h5,9H,1-4,6-8,10-12H2. The third kappa shape index (κ3) is 2.68. The molecule has 100 valence electrons.